The highest BCUT2D eigenvalue weighted by Crippen LogP contribution is 2.33. The van der Waals surface area contributed by atoms with Crippen LogP contribution >= 0.6 is 22.9 Å². The molecule has 3 aromatic rings. The van der Waals surface area contributed by atoms with Crippen LogP contribution in [0.25, 0.3) is 10.1 Å². The number of hydrogen-bond acceptors (Lipinski definition) is 7. The van der Waals surface area contributed by atoms with Crippen molar-refractivity contribution in [2.45, 2.75) is 16.8 Å². The molecule has 1 fully saturated rings. The fourth-order valence-corrected chi connectivity index (χ4v) is 7.17. The van der Waals surface area contributed by atoms with E-state index in [4.69, 9.17) is 21.7 Å². The quantitative estimate of drug-likeness (QED) is 0.288. The fourth-order valence-electron chi connectivity index (χ4n) is 3.95. The number of amidine groups is 1. The van der Waals surface area contributed by atoms with Crippen LogP contribution in [-0.2, 0) is 30.9 Å². The molecule has 1 atom stereocenters. The van der Waals surface area contributed by atoms with Crippen molar-refractivity contribution < 1.29 is 22.7 Å². The van der Waals surface area contributed by atoms with Crippen LogP contribution in [0, 0.1) is 5.41 Å². The molecule has 1 aromatic heterocycles. The van der Waals surface area contributed by atoms with Crippen LogP contribution in [0.15, 0.2) is 52.7 Å². The topological polar surface area (TPSA) is 111 Å². The van der Waals surface area contributed by atoms with Gasteiger partial charge in [0.15, 0.2) is 0 Å². The first kappa shape index (κ1) is 26.1. The first-order chi connectivity index (χ1) is 17.0. The summed E-state index contributed by atoms with van der Waals surface area (Å²) in [5.41, 5.74) is 1.45. The van der Waals surface area contributed by atoms with Crippen molar-refractivity contribution in [3.63, 3.8) is 0 Å². The minimum absolute atomic E-state index is 0.0727. The van der Waals surface area contributed by atoms with E-state index >= 15 is 0 Å². The van der Waals surface area contributed by atoms with Gasteiger partial charge in [0.1, 0.15) is 16.1 Å². The van der Waals surface area contributed by atoms with Gasteiger partial charge in [-0.2, -0.15) is 4.31 Å². The van der Waals surface area contributed by atoms with Gasteiger partial charge in [-0.1, -0.05) is 41.9 Å². The second-order valence-electron chi connectivity index (χ2n) is 8.55. The number of halogens is 1. The van der Waals surface area contributed by atoms with Gasteiger partial charge in [0.2, 0.25) is 5.91 Å². The molecule has 4 rings (SSSR count). The summed E-state index contributed by atoms with van der Waals surface area (Å²) in [6.07, 6.45) is 0. The van der Waals surface area contributed by atoms with Gasteiger partial charge in [-0.05, 0) is 29.1 Å². The van der Waals surface area contributed by atoms with Crippen LogP contribution in [0.3, 0.4) is 0 Å². The third kappa shape index (κ3) is 5.10. The van der Waals surface area contributed by atoms with E-state index in [0.717, 1.165) is 26.6 Å². The Morgan fingerprint density at radius 2 is 1.89 bits per heavy atom. The number of amides is 1. The Kier molecular flexibility index (Phi) is 7.37. The first-order valence-corrected chi connectivity index (χ1v) is 13.6. The lowest BCUT2D eigenvalue weighted by Gasteiger charge is -2.38. The standard InChI is InChI=1S/C24H25ClN4O5S2/c1-27(2)23(26)16-6-4-15(5-7-16)12-29-19(24(31)34-3)13-28(14-21(29)30)36(32,33)22-10-17-8-9-18(25)11-20(17)35-22/h4-11,19,26H,12-14H2,1-3H3/t19-/m1/s1. The Morgan fingerprint density at radius 1 is 1.19 bits per heavy atom. The molecule has 36 heavy (non-hydrogen) atoms. The molecule has 9 nitrogen and oxygen atoms in total. The van der Waals surface area contributed by atoms with E-state index in [1.165, 1.54) is 12.0 Å². The van der Waals surface area contributed by atoms with Crippen LogP contribution in [0.5, 0.6) is 0 Å². The van der Waals surface area contributed by atoms with Crippen molar-refractivity contribution in [3.05, 3.63) is 64.7 Å². The molecule has 0 bridgehead atoms. The molecular formula is C24H25ClN4O5S2. The van der Waals surface area contributed by atoms with Gasteiger partial charge in [0, 0.05) is 42.5 Å². The number of sulfonamides is 1. The highest BCUT2D eigenvalue weighted by molar-refractivity contribution is 7.91. The van der Waals surface area contributed by atoms with Gasteiger partial charge in [-0.15, -0.1) is 11.3 Å². The molecule has 0 unspecified atom stereocenters. The number of carbonyl (C=O) groups is 2. The molecule has 1 aliphatic rings. The minimum atomic E-state index is -4.04. The predicted octanol–water partition coefficient (Wildman–Crippen LogP) is 3.02. The zero-order valence-electron chi connectivity index (χ0n) is 19.9. The number of thiophene rings is 1. The highest BCUT2D eigenvalue weighted by Gasteiger charge is 2.42. The zero-order chi connectivity index (χ0) is 26.2. The predicted molar refractivity (Wildman–Crippen MR) is 139 cm³/mol. The third-order valence-corrected chi connectivity index (χ3v) is 9.53. The van der Waals surface area contributed by atoms with E-state index < -0.39 is 34.5 Å². The molecule has 0 spiro atoms. The molecule has 190 valence electrons. The van der Waals surface area contributed by atoms with Crippen molar-refractivity contribution in [1.82, 2.24) is 14.1 Å². The second kappa shape index (κ2) is 10.2. The minimum Gasteiger partial charge on any atom is -0.467 e. The molecule has 2 heterocycles. The maximum Gasteiger partial charge on any atom is 0.329 e. The largest absolute Gasteiger partial charge is 0.467 e. The zero-order valence-corrected chi connectivity index (χ0v) is 22.3. The highest BCUT2D eigenvalue weighted by atomic mass is 35.5. The summed E-state index contributed by atoms with van der Waals surface area (Å²) in [6, 6.07) is 12.6. The molecule has 1 N–H and O–H groups in total. The third-order valence-electron chi connectivity index (χ3n) is 5.94. The van der Waals surface area contributed by atoms with Crippen LogP contribution < -0.4 is 0 Å². The van der Waals surface area contributed by atoms with Crippen molar-refractivity contribution in [2.24, 2.45) is 0 Å². The average Bonchev–Trinajstić information content (AvgIpc) is 3.28. The maximum atomic E-state index is 13.4. The number of nitrogens with one attached hydrogen (secondary N) is 1. The number of esters is 1. The SMILES string of the molecule is COC(=O)[C@H]1CN(S(=O)(=O)c2cc3ccc(Cl)cc3s2)CC(=O)N1Cc1ccc(C(=N)N(C)C)cc1. The monoisotopic (exact) mass is 548 g/mol. The van der Waals surface area contributed by atoms with Gasteiger partial charge in [0.25, 0.3) is 10.0 Å². The number of methoxy groups -OCH3 is 1. The Morgan fingerprint density at radius 3 is 2.53 bits per heavy atom. The van der Waals surface area contributed by atoms with Gasteiger partial charge < -0.3 is 14.5 Å². The number of hydrogen-bond donors (Lipinski definition) is 1. The van der Waals surface area contributed by atoms with Crippen LogP contribution in [0.1, 0.15) is 11.1 Å². The molecule has 1 saturated heterocycles. The number of benzene rings is 2. The van der Waals surface area contributed by atoms with Crippen molar-refractivity contribution in [2.75, 3.05) is 34.3 Å². The molecule has 12 heteroatoms. The van der Waals surface area contributed by atoms with Gasteiger partial charge in [-0.25, -0.2) is 13.2 Å². The Balaban J connectivity index is 1.59. The molecule has 1 amide bonds. The number of fused-ring (bicyclic) bond motifs is 1. The number of piperazine rings is 1. The summed E-state index contributed by atoms with van der Waals surface area (Å²) >= 11 is 7.09. The molecule has 0 saturated carbocycles. The van der Waals surface area contributed by atoms with Crippen molar-refractivity contribution >= 4 is 60.8 Å². The van der Waals surface area contributed by atoms with Crippen LogP contribution in [0.2, 0.25) is 5.02 Å². The lowest BCUT2D eigenvalue weighted by Crippen LogP contribution is -2.60. The lowest BCUT2D eigenvalue weighted by atomic mass is 10.1. The smallest absolute Gasteiger partial charge is 0.329 e. The van der Waals surface area contributed by atoms with Gasteiger partial charge in [0.05, 0.1) is 13.7 Å². The molecule has 2 aromatic carbocycles. The van der Waals surface area contributed by atoms with E-state index in [1.54, 1.807) is 67.5 Å². The maximum absolute atomic E-state index is 13.4. The number of carbonyl (C=O) groups excluding carboxylic acids is 2. The van der Waals surface area contributed by atoms with E-state index in [0.29, 0.717) is 21.1 Å². The lowest BCUT2D eigenvalue weighted by molar-refractivity contribution is -0.157. The molecule has 0 aliphatic carbocycles. The van der Waals surface area contributed by atoms with Crippen molar-refractivity contribution in [1.29, 1.82) is 5.41 Å². The van der Waals surface area contributed by atoms with E-state index in [1.807, 2.05) is 0 Å². The number of nitrogens with zero attached hydrogens (tertiary/aromatic N) is 3. The van der Waals surface area contributed by atoms with Gasteiger partial charge in [-0.3, -0.25) is 10.2 Å². The molecule has 1 aliphatic heterocycles. The average molecular weight is 549 g/mol. The first-order valence-electron chi connectivity index (χ1n) is 10.9. The van der Waals surface area contributed by atoms with Gasteiger partial charge >= 0.3 is 5.97 Å². The Bertz CT molecular complexity index is 1440. The second-order valence-corrected chi connectivity index (χ2v) is 12.2. The summed E-state index contributed by atoms with van der Waals surface area (Å²) < 4.78 is 33.6. The summed E-state index contributed by atoms with van der Waals surface area (Å²) in [5.74, 6) is -0.862. The molecule has 0 radical (unpaired) electrons. The molecular weight excluding hydrogens is 524 g/mol. The van der Waals surface area contributed by atoms with E-state index in [2.05, 4.69) is 0 Å². The Labute approximate surface area is 218 Å². The number of ether oxygens (including phenoxy) is 1. The Hall–Kier alpha value is -2.99. The van der Waals surface area contributed by atoms with E-state index in [9.17, 15) is 18.0 Å². The summed E-state index contributed by atoms with van der Waals surface area (Å²) in [6.45, 7) is -0.517. The summed E-state index contributed by atoms with van der Waals surface area (Å²) in [5, 5.41) is 9.30. The van der Waals surface area contributed by atoms with Crippen molar-refractivity contribution in [3.8, 4) is 0 Å². The summed E-state index contributed by atoms with van der Waals surface area (Å²) in [7, 11) is 0.716. The number of rotatable bonds is 6. The summed E-state index contributed by atoms with van der Waals surface area (Å²) in [4.78, 5) is 28.8. The normalized spacial score (nSPS) is 16.8. The fraction of sp³-hybridized carbons (Fsp3) is 0.292. The van der Waals surface area contributed by atoms with Crippen LogP contribution in [0.4, 0.5) is 0 Å². The van der Waals surface area contributed by atoms with E-state index in [-0.39, 0.29) is 17.3 Å². The van der Waals surface area contributed by atoms with Crippen LogP contribution in [-0.4, -0.2) is 80.6 Å².